The smallest absolute Gasteiger partial charge is 0.327 e. The summed E-state index contributed by atoms with van der Waals surface area (Å²) in [6, 6.07) is 9.31. The molecule has 1 atom stereocenters. The number of carboxylic acids is 1. The monoisotopic (exact) mass is 376 g/mol. The van der Waals surface area contributed by atoms with E-state index in [2.05, 4.69) is 23.7 Å². The van der Waals surface area contributed by atoms with Gasteiger partial charge in [0.25, 0.3) is 0 Å². The van der Waals surface area contributed by atoms with E-state index >= 15 is 0 Å². The molecular weight excluding hydrogens is 352 g/mol. The lowest BCUT2D eigenvalue weighted by atomic mass is 10.1. The maximum Gasteiger partial charge on any atom is 0.327 e. The van der Waals surface area contributed by atoms with E-state index in [0.717, 1.165) is 18.7 Å². The lowest BCUT2D eigenvalue weighted by Crippen LogP contribution is -2.51. The molecule has 6 nitrogen and oxygen atoms in total. The van der Waals surface area contributed by atoms with Crippen molar-refractivity contribution in [3.05, 3.63) is 41.2 Å². The maximum atomic E-state index is 12.1. The van der Waals surface area contributed by atoms with Crippen molar-refractivity contribution in [2.24, 2.45) is 7.05 Å². The summed E-state index contributed by atoms with van der Waals surface area (Å²) in [6.45, 7) is 7.37. The number of hydrogen-bond acceptors (Lipinski definition) is 4. The summed E-state index contributed by atoms with van der Waals surface area (Å²) in [6.07, 6.45) is 0. The molecule has 1 N–H and O–H groups in total. The van der Waals surface area contributed by atoms with E-state index in [4.69, 9.17) is 11.6 Å². The minimum absolute atomic E-state index is 0.377. The van der Waals surface area contributed by atoms with E-state index in [1.54, 1.807) is 4.57 Å². The van der Waals surface area contributed by atoms with Gasteiger partial charge in [-0.15, -0.1) is 0 Å². The number of carbonyl (C=O) groups is 1. The molecule has 1 aliphatic rings. The summed E-state index contributed by atoms with van der Waals surface area (Å²) >= 11 is 6.50. The molecule has 0 amide bonds. The normalized spacial score (nSPS) is 17.6. The van der Waals surface area contributed by atoms with Crippen LogP contribution in [-0.2, 0) is 11.8 Å². The van der Waals surface area contributed by atoms with Gasteiger partial charge in [0, 0.05) is 44.8 Å². The van der Waals surface area contributed by atoms with Gasteiger partial charge in [-0.2, -0.15) is 0 Å². The molecule has 1 saturated heterocycles. The quantitative estimate of drug-likeness (QED) is 0.869. The number of rotatable bonds is 5. The van der Waals surface area contributed by atoms with Crippen molar-refractivity contribution in [2.45, 2.75) is 25.9 Å². The molecule has 2 heterocycles. The summed E-state index contributed by atoms with van der Waals surface area (Å²) in [5.74, 6) is -0.236. The molecule has 1 unspecified atom stereocenters. The number of aliphatic carboxylic acids is 1. The maximum absolute atomic E-state index is 12.1. The molecular formula is C19H25ClN4O2. The Labute approximate surface area is 159 Å². The number of hydrogen-bond donors (Lipinski definition) is 1. The molecule has 3 rings (SSSR count). The van der Waals surface area contributed by atoms with Crippen molar-refractivity contribution < 1.29 is 9.90 Å². The molecule has 0 spiro atoms. The van der Waals surface area contributed by atoms with Crippen LogP contribution in [-0.4, -0.2) is 62.6 Å². The first-order chi connectivity index (χ1) is 12.4. The van der Waals surface area contributed by atoms with Crippen LogP contribution in [0.1, 0.15) is 25.6 Å². The highest BCUT2D eigenvalue weighted by molar-refractivity contribution is 6.30. The van der Waals surface area contributed by atoms with Gasteiger partial charge in [0.15, 0.2) is 6.04 Å². The van der Waals surface area contributed by atoms with Crippen LogP contribution in [0.25, 0.3) is 11.4 Å². The molecule has 0 radical (unpaired) electrons. The molecule has 2 aromatic rings. The highest BCUT2D eigenvalue weighted by atomic mass is 35.5. The fourth-order valence-corrected chi connectivity index (χ4v) is 3.70. The standard InChI is InChI=1S/C19H25ClN4O2/c1-13(2)23-9-11-24(12-10-23)16(19(25)26)15-17(20)22(3)18(21-15)14-7-5-4-6-8-14/h4-8,13,16H,9-12H2,1-3H3,(H,25,26). The van der Waals surface area contributed by atoms with Gasteiger partial charge in [-0.05, 0) is 13.8 Å². The SMILES string of the molecule is CC(C)N1CCN(C(C(=O)O)c2nc(-c3ccccc3)n(C)c2Cl)CC1. The van der Waals surface area contributed by atoms with E-state index in [9.17, 15) is 9.90 Å². The lowest BCUT2D eigenvalue weighted by Gasteiger charge is -2.39. The largest absolute Gasteiger partial charge is 0.480 e. The number of benzene rings is 1. The first-order valence-corrected chi connectivity index (χ1v) is 9.26. The molecule has 7 heteroatoms. The molecule has 140 valence electrons. The molecule has 26 heavy (non-hydrogen) atoms. The Morgan fingerprint density at radius 3 is 2.23 bits per heavy atom. The second kappa shape index (κ2) is 7.78. The summed E-state index contributed by atoms with van der Waals surface area (Å²) in [7, 11) is 1.82. The molecule has 0 bridgehead atoms. The van der Waals surface area contributed by atoms with E-state index in [0.29, 0.717) is 35.8 Å². The number of piperazine rings is 1. The molecule has 1 aromatic heterocycles. The average molecular weight is 377 g/mol. The Morgan fingerprint density at radius 2 is 1.69 bits per heavy atom. The highest BCUT2D eigenvalue weighted by Gasteiger charge is 2.35. The topological polar surface area (TPSA) is 61.6 Å². The molecule has 1 fully saturated rings. The first-order valence-electron chi connectivity index (χ1n) is 8.88. The van der Waals surface area contributed by atoms with Crippen molar-refractivity contribution in [3.8, 4) is 11.4 Å². The van der Waals surface area contributed by atoms with E-state index < -0.39 is 12.0 Å². The van der Waals surface area contributed by atoms with Gasteiger partial charge in [-0.25, -0.2) is 4.98 Å². The van der Waals surface area contributed by atoms with Crippen molar-refractivity contribution in [1.29, 1.82) is 0 Å². The van der Waals surface area contributed by atoms with Crippen LogP contribution in [0, 0.1) is 0 Å². The fourth-order valence-electron chi connectivity index (χ4n) is 3.48. The third-order valence-electron chi connectivity index (χ3n) is 5.02. The van der Waals surface area contributed by atoms with Crippen LogP contribution < -0.4 is 0 Å². The van der Waals surface area contributed by atoms with Crippen LogP contribution in [0.2, 0.25) is 5.15 Å². The van der Waals surface area contributed by atoms with Gasteiger partial charge in [0.1, 0.15) is 16.7 Å². The molecule has 0 saturated carbocycles. The number of carboxylic acid groups (broad SMARTS) is 1. The second-order valence-corrected chi connectivity index (χ2v) is 7.30. The Kier molecular flexibility index (Phi) is 5.65. The van der Waals surface area contributed by atoms with Crippen LogP contribution >= 0.6 is 11.6 Å². The Balaban J connectivity index is 1.91. The van der Waals surface area contributed by atoms with Gasteiger partial charge >= 0.3 is 5.97 Å². The van der Waals surface area contributed by atoms with Crippen LogP contribution in [0.4, 0.5) is 0 Å². The second-order valence-electron chi connectivity index (χ2n) is 6.94. The zero-order chi connectivity index (χ0) is 18.8. The van der Waals surface area contributed by atoms with E-state index in [1.165, 1.54) is 0 Å². The predicted molar refractivity (Wildman–Crippen MR) is 102 cm³/mol. The average Bonchev–Trinajstić information content (AvgIpc) is 2.92. The van der Waals surface area contributed by atoms with Crippen molar-refractivity contribution >= 4 is 17.6 Å². The Hall–Kier alpha value is -1.89. The molecule has 0 aliphatic carbocycles. The summed E-state index contributed by atoms with van der Waals surface area (Å²) in [5, 5.41) is 10.3. The van der Waals surface area contributed by atoms with Crippen molar-refractivity contribution in [3.63, 3.8) is 0 Å². The summed E-state index contributed by atoms with van der Waals surface area (Å²) < 4.78 is 1.76. The summed E-state index contributed by atoms with van der Waals surface area (Å²) in [4.78, 5) is 21.0. The van der Waals surface area contributed by atoms with Crippen LogP contribution in [0.3, 0.4) is 0 Å². The summed E-state index contributed by atoms with van der Waals surface area (Å²) in [5.41, 5.74) is 1.33. The number of imidazole rings is 1. The number of aromatic nitrogens is 2. The first kappa shape index (κ1) is 18.9. The predicted octanol–water partition coefficient (Wildman–Crippen LogP) is 2.89. The molecule has 1 aliphatic heterocycles. The Morgan fingerprint density at radius 1 is 1.12 bits per heavy atom. The van der Waals surface area contributed by atoms with Crippen LogP contribution in [0.5, 0.6) is 0 Å². The zero-order valence-electron chi connectivity index (χ0n) is 15.4. The number of nitrogens with zero attached hydrogens (tertiary/aromatic N) is 4. The van der Waals surface area contributed by atoms with E-state index in [1.807, 2.05) is 42.3 Å². The van der Waals surface area contributed by atoms with Gasteiger partial charge in [0.05, 0.1) is 0 Å². The lowest BCUT2D eigenvalue weighted by molar-refractivity contribution is -0.144. The van der Waals surface area contributed by atoms with Crippen molar-refractivity contribution in [2.75, 3.05) is 26.2 Å². The fraction of sp³-hybridized carbons (Fsp3) is 0.474. The van der Waals surface area contributed by atoms with E-state index in [-0.39, 0.29) is 0 Å². The minimum atomic E-state index is -0.914. The zero-order valence-corrected chi connectivity index (χ0v) is 16.1. The Bertz CT molecular complexity index is 767. The third-order valence-corrected chi connectivity index (χ3v) is 5.47. The van der Waals surface area contributed by atoms with Gasteiger partial charge in [-0.3, -0.25) is 14.6 Å². The highest BCUT2D eigenvalue weighted by Crippen LogP contribution is 2.32. The van der Waals surface area contributed by atoms with Crippen LogP contribution in [0.15, 0.2) is 30.3 Å². The van der Waals surface area contributed by atoms with Gasteiger partial charge in [-0.1, -0.05) is 41.9 Å². The minimum Gasteiger partial charge on any atom is -0.480 e. The van der Waals surface area contributed by atoms with Gasteiger partial charge < -0.3 is 9.67 Å². The molecule has 1 aromatic carbocycles. The number of halogens is 1. The third kappa shape index (κ3) is 3.63. The van der Waals surface area contributed by atoms with Gasteiger partial charge in [0.2, 0.25) is 0 Å². The van der Waals surface area contributed by atoms with Crippen molar-refractivity contribution in [1.82, 2.24) is 19.4 Å².